The van der Waals surface area contributed by atoms with Gasteiger partial charge < -0.3 is 4.74 Å². The number of esters is 1. The molecule has 0 atom stereocenters. The third-order valence-electron chi connectivity index (χ3n) is 0.965. The van der Waals surface area contributed by atoms with Crippen molar-refractivity contribution in [3.8, 4) is 0 Å². The highest BCUT2D eigenvalue weighted by Gasteiger charge is 2.00. The first-order chi connectivity index (χ1) is 4.66. The minimum absolute atomic E-state index is 0.0160. The molecule has 0 amide bonds. The molecule has 0 saturated heterocycles. The largest absolute Gasteiger partial charge is 0.458 e. The van der Waals surface area contributed by atoms with Gasteiger partial charge in [0.05, 0.1) is 0 Å². The standard InChI is InChI=1S/C6H11BO3/c1-5(8)10-4-6(9)2-3-7/h2-4,7H2,1H3. The van der Waals surface area contributed by atoms with Crippen LogP contribution in [0.15, 0.2) is 0 Å². The van der Waals surface area contributed by atoms with Crippen molar-refractivity contribution in [3.63, 3.8) is 0 Å². The van der Waals surface area contributed by atoms with Crippen LogP contribution in [0.3, 0.4) is 0 Å². The molecule has 0 unspecified atom stereocenters. The van der Waals surface area contributed by atoms with Crippen molar-refractivity contribution < 1.29 is 14.3 Å². The molecule has 3 nitrogen and oxygen atoms in total. The lowest BCUT2D eigenvalue weighted by atomic mass is 10.0. The maximum atomic E-state index is 10.7. The normalized spacial score (nSPS) is 8.90. The first-order valence-corrected chi connectivity index (χ1v) is 3.32. The zero-order chi connectivity index (χ0) is 7.98. The molecule has 10 heavy (non-hydrogen) atoms. The molecule has 0 radical (unpaired) electrons. The molecular formula is C6H11BO3. The van der Waals surface area contributed by atoms with Crippen molar-refractivity contribution in [1.29, 1.82) is 0 Å². The molecule has 0 aromatic carbocycles. The molecule has 0 fully saturated rings. The van der Waals surface area contributed by atoms with Crippen LogP contribution in [0, 0.1) is 0 Å². The van der Waals surface area contributed by atoms with Gasteiger partial charge in [-0.25, -0.2) is 0 Å². The molecule has 0 aliphatic rings. The fraction of sp³-hybridized carbons (Fsp3) is 0.667. The zero-order valence-corrected chi connectivity index (χ0v) is 6.35. The summed E-state index contributed by atoms with van der Waals surface area (Å²) in [5.74, 6) is -0.415. The third-order valence-corrected chi connectivity index (χ3v) is 0.965. The van der Waals surface area contributed by atoms with E-state index in [-0.39, 0.29) is 12.4 Å². The van der Waals surface area contributed by atoms with Crippen LogP contribution < -0.4 is 0 Å². The summed E-state index contributed by atoms with van der Waals surface area (Å²) in [6.45, 7) is 1.22. The third kappa shape index (κ3) is 5.34. The van der Waals surface area contributed by atoms with E-state index in [4.69, 9.17) is 0 Å². The zero-order valence-electron chi connectivity index (χ0n) is 6.35. The molecule has 0 rings (SSSR count). The summed E-state index contributed by atoms with van der Waals surface area (Å²) in [7, 11) is 1.91. The van der Waals surface area contributed by atoms with Crippen LogP contribution >= 0.6 is 0 Å². The summed E-state index contributed by atoms with van der Waals surface area (Å²) in [5.41, 5.74) is 0. The monoisotopic (exact) mass is 142 g/mol. The van der Waals surface area contributed by atoms with Gasteiger partial charge in [-0.05, 0) is 0 Å². The van der Waals surface area contributed by atoms with Crippen LogP contribution in [0.25, 0.3) is 0 Å². The smallest absolute Gasteiger partial charge is 0.303 e. The summed E-state index contributed by atoms with van der Waals surface area (Å²) in [6.07, 6.45) is 1.30. The molecule has 56 valence electrons. The molecular weight excluding hydrogens is 131 g/mol. The van der Waals surface area contributed by atoms with Crippen molar-refractivity contribution in [3.05, 3.63) is 0 Å². The van der Waals surface area contributed by atoms with E-state index in [2.05, 4.69) is 4.74 Å². The molecule has 4 heteroatoms. The van der Waals surface area contributed by atoms with E-state index in [9.17, 15) is 9.59 Å². The number of hydrogen-bond donors (Lipinski definition) is 0. The van der Waals surface area contributed by atoms with Crippen LogP contribution in [0.4, 0.5) is 0 Å². The minimum atomic E-state index is -0.399. The van der Waals surface area contributed by atoms with Gasteiger partial charge in [-0.3, -0.25) is 9.59 Å². The first kappa shape index (κ1) is 9.20. The maximum Gasteiger partial charge on any atom is 0.303 e. The quantitative estimate of drug-likeness (QED) is 0.394. The predicted octanol–water partition coefficient (Wildman–Crippen LogP) is -0.440. The summed E-state index contributed by atoms with van der Waals surface area (Å²) in [5, 5.41) is 0. The number of rotatable bonds is 4. The molecule has 0 aliphatic carbocycles. The average Bonchev–Trinajstić information content (AvgIpc) is 1.85. The second kappa shape index (κ2) is 5.03. The van der Waals surface area contributed by atoms with Crippen LogP contribution in [-0.4, -0.2) is 26.2 Å². The Bertz CT molecular complexity index is 133. The number of ketones is 1. The lowest BCUT2D eigenvalue weighted by Crippen LogP contribution is -2.10. The Hall–Kier alpha value is -0.795. The first-order valence-electron chi connectivity index (χ1n) is 3.32. The van der Waals surface area contributed by atoms with Crippen molar-refractivity contribution in [2.45, 2.75) is 19.7 Å². The van der Waals surface area contributed by atoms with Crippen molar-refractivity contribution >= 4 is 19.6 Å². The molecule has 0 spiro atoms. The maximum absolute atomic E-state index is 10.7. The second-order valence-corrected chi connectivity index (χ2v) is 2.07. The number of carbonyl (C=O) groups is 2. The lowest BCUT2D eigenvalue weighted by molar-refractivity contribution is -0.145. The van der Waals surface area contributed by atoms with Crippen LogP contribution in [0.5, 0.6) is 0 Å². The number of carbonyl (C=O) groups excluding carboxylic acids is 2. The van der Waals surface area contributed by atoms with E-state index < -0.39 is 5.97 Å². The van der Waals surface area contributed by atoms with Gasteiger partial charge >= 0.3 is 5.97 Å². The number of hydrogen-bond acceptors (Lipinski definition) is 3. The SMILES string of the molecule is BCCC(=O)COC(C)=O. The van der Waals surface area contributed by atoms with Crippen LogP contribution in [0.2, 0.25) is 6.32 Å². The van der Waals surface area contributed by atoms with E-state index in [1.807, 2.05) is 7.85 Å². The van der Waals surface area contributed by atoms with Gasteiger partial charge in [-0.15, -0.1) is 0 Å². The Morgan fingerprint density at radius 3 is 2.50 bits per heavy atom. The van der Waals surface area contributed by atoms with Crippen molar-refractivity contribution in [1.82, 2.24) is 0 Å². The van der Waals surface area contributed by atoms with Gasteiger partial charge in [0.1, 0.15) is 14.5 Å². The fourth-order valence-electron chi connectivity index (χ4n) is 0.533. The van der Waals surface area contributed by atoms with Gasteiger partial charge in [0, 0.05) is 13.3 Å². The second-order valence-electron chi connectivity index (χ2n) is 2.07. The van der Waals surface area contributed by atoms with E-state index in [1.165, 1.54) is 6.92 Å². The molecule has 0 aromatic heterocycles. The number of Topliss-reactive ketones (excluding diaryl/α,β-unsaturated/α-hetero) is 1. The van der Waals surface area contributed by atoms with E-state index in [0.29, 0.717) is 6.42 Å². The van der Waals surface area contributed by atoms with Crippen LogP contribution in [-0.2, 0) is 14.3 Å². The Morgan fingerprint density at radius 1 is 1.50 bits per heavy atom. The summed E-state index contributed by atoms with van der Waals surface area (Å²) in [6, 6.07) is 0. The van der Waals surface area contributed by atoms with Crippen LogP contribution in [0.1, 0.15) is 13.3 Å². The lowest BCUT2D eigenvalue weighted by Gasteiger charge is -1.97. The van der Waals surface area contributed by atoms with Gasteiger partial charge in [-0.1, -0.05) is 6.32 Å². The van der Waals surface area contributed by atoms with E-state index in [0.717, 1.165) is 6.32 Å². The minimum Gasteiger partial charge on any atom is -0.458 e. The number of ether oxygens (including phenoxy) is 1. The highest BCUT2D eigenvalue weighted by molar-refractivity contribution is 6.10. The predicted molar refractivity (Wildman–Crippen MR) is 39.6 cm³/mol. The Kier molecular flexibility index (Phi) is 4.63. The summed E-state index contributed by atoms with van der Waals surface area (Å²) in [4.78, 5) is 20.8. The van der Waals surface area contributed by atoms with Crippen molar-refractivity contribution in [2.24, 2.45) is 0 Å². The summed E-state index contributed by atoms with van der Waals surface area (Å²) < 4.78 is 4.47. The van der Waals surface area contributed by atoms with Gasteiger partial charge in [0.25, 0.3) is 0 Å². The Morgan fingerprint density at radius 2 is 2.10 bits per heavy atom. The van der Waals surface area contributed by atoms with Gasteiger partial charge in [0.2, 0.25) is 0 Å². The Balaban J connectivity index is 3.30. The molecule has 0 aromatic rings. The molecule has 0 bridgehead atoms. The van der Waals surface area contributed by atoms with Gasteiger partial charge in [-0.2, -0.15) is 0 Å². The highest BCUT2D eigenvalue weighted by atomic mass is 16.5. The van der Waals surface area contributed by atoms with Gasteiger partial charge in [0.15, 0.2) is 5.78 Å². The van der Waals surface area contributed by atoms with Crippen molar-refractivity contribution in [2.75, 3.05) is 6.61 Å². The van der Waals surface area contributed by atoms with E-state index >= 15 is 0 Å². The highest BCUT2D eigenvalue weighted by Crippen LogP contribution is 1.88. The Labute approximate surface area is 61.2 Å². The summed E-state index contributed by atoms with van der Waals surface area (Å²) >= 11 is 0. The topological polar surface area (TPSA) is 43.4 Å². The fourth-order valence-corrected chi connectivity index (χ4v) is 0.533. The molecule has 0 saturated carbocycles. The van der Waals surface area contributed by atoms with E-state index in [1.54, 1.807) is 0 Å². The average molecular weight is 142 g/mol. The molecule has 0 heterocycles. The molecule has 0 aliphatic heterocycles. The molecule has 0 N–H and O–H groups in total.